The van der Waals surface area contributed by atoms with Gasteiger partial charge in [-0.3, -0.25) is 10.2 Å². The van der Waals surface area contributed by atoms with Crippen LogP contribution in [-0.2, 0) is 9.47 Å². The molecule has 1 aromatic carbocycles. The van der Waals surface area contributed by atoms with E-state index in [-0.39, 0.29) is 5.28 Å². The van der Waals surface area contributed by atoms with Crippen LogP contribution in [0.2, 0.25) is 5.28 Å². The molecule has 1 aromatic heterocycles. The molecule has 0 spiro atoms. The molecule has 0 unspecified atom stereocenters. The highest BCUT2D eigenvalue weighted by Crippen LogP contribution is 2.29. The van der Waals surface area contributed by atoms with Gasteiger partial charge < -0.3 is 14.8 Å². The molecule has 168 valence electrons. The third-order valence-electron chi connectivity index (χ3n) is 4.27. The normalized spacial score (nSPS) is 14.8. The molecule has 3 rings (SSSR count). The molecule has 1 amide bonds. The molecule has 1 aliphatic rings. The molecule has 0 radical (unpaired) electrons. The van der Waals surface area contributed by atoms with E-state index in [9.17, 15) is 4.79 Å². The van der Waals surface area contributed by atoms with E-state index >= 15 is 0 Å². The largest absolute Gasteiger partial charge is 0.444 e. The molecule has 0 aliphatic carbocycles. The molecular formula is C21H28ClN5O3S. The third kappa shape index (κ3) is 8.17. The molecule has 2 aromatic rings. The Morgan fingerprint density at radius 3 is 2.77 bits per heavy atom. The molecule has 2 heterocycles. The van der Waals surface area contributed by atoms with Crippen molar-refractivity contribution in [3.63, 3.8) is 0 Å². The zero-order chi connectivity index (χ0) is 22.3. The second kappa shape index (κ2) is 11.0. The third-order valence-corrected chi connectivity index (χ3v) is 5.44. The molecule has 0 bridgehead atoms. The lowest BCUT2D eigenvalue weighted by Gasteiger charge is -2.26. The van der Waals surface area contributed by atoms with Crippen LogP contribution in [0.4, 0.5) is 22.0 Å². The second-order valence-corrected chi connectivity index (χ2v) is 9.46. The number of anilines is 3. The van der Waals surface area contributed by atoms with Crippen LogP contribution in [0.5, 0.6) is 0 Å². The van der Waals surface area contributed by atoms with Gasteiger partial charge in [0.05, 0.1) is 18.1 Å². The summed E-state index contributed by atoms with van der Waals surface area (Å²) in [7, 11) is 0. The van der Waals surface area contributed by atoms with Crippen LogP contribution in [0.3, 0.4) is 0 Å². The van der Waals surface area contributed by atoms with Crippen molar-refractivity contribution in [2.24, 2.45) is 0 Å². The number of amides is 1. The van der Waals surface area contributed by atoms with Gasteiger partial charge in [0.1, 0.15) is 11.4 Å². The van der Waals surface area contributed by atoms with Crippen molar-refractivity contribution in [1.29, 1.82) is 0 Å². The Labute approximate surface area is 192 Å². The van der Waals surface area contributed by atoms with Gasteiger partial charge in [0.15, 0.2) is 0 Å². The summed E-state index contributed by atoms with van der Waals surface area (Å²) in [4.78, 5) is 23.8. The first kappa shape index (κ1) is 23.6. The minimum absolute atomic E-state index is 0.170. The number of aromatic nitrogens is 2. The maximum atomic E-state index is 12.0. The lowest BCUT2D eigenvalue weighted by molar-refractivity contribution is 0.0410. The van der Waals surface area contributed by atoms with Crippen molar-refractivity contribution in [2.75, 3.05) is 49.2 Å². The zero-order valence-corrected chi connectivity index (χ0v) is 19.6. The van der Waals surface area contributed by atoms with Gasteiger partial charge in [-0.15, -0.1) is 11.8 Å². The number of carbonyl (C=O) groups excluding carboxylic acids is 1. The highest BCUT2D eigenvalue weighted by molar-refractivity contribution is 7.99. The highest BCUT2D eigenvalue weighted by Gasteiger charge is 2.16. The van der Waals surface area contributed by atoms with E-state index in [1.54, 1.807) is 24.0 Å². The van der Waals surface area contributed by atoms with E-state index in [2.05, 4.69) is 25.5 Å². The fourth-order valence-electron chi connectivity index (χ4n) is 2.89. The average Bonchev–Trinajstić information content (AvgIpc) is 2.69. The molecule has 8 nitrogen and oxygen atoms in total. The van der Waals surface area contributed by atoms with Crippen LogP contribution in [-0.4, -0.2) is 65.2 Å². The molecule has 10 heteroatoms. The molecule has 1 saturated heterocycles. The van der Waals surface area contributed by atoms with Crippen molar-refractivity contribution in [3.05, 3.63) is 35.7 Å². The smallest absolute Gasteiger partial charge is 0.412 e. The maximum absolute atomic E-state index is 12.0. The summed E-state index contributed by atoms with van der Waals surface area (Å²) in [5, 5.41) is 6.19. The van der Waals surface area contributed by atoms with Gasteiger partial charge in [-0.05, 0) is 50.6 Å². The average molecular weight is 466 g/mol. The number of thioether (sulfide) groups is 1. The summed E-state index contributed by atoms with van der Waals surface area (Å²) >= 11 is 7.70. The summed E-state index contributed by atoms with van der Waals surface area (Å²) in [5.41, 5.74) is 0.810. The minimum Gasteiger partial charge on any atom is -0.444 e. The summed E-state index contributed by atoms with van der Waals surface area (Å²) < 4.78 is 10.7. The van der Waals surface area contributed by atoms with Gasteiger partial charge >= 0.3 is 6.09 Å². The molecular weight excluding hydrogens is 438 g/mol. The van der Waals surface area contributed by atoms with Crippen molar-refractivity contribution in [1.82, 2.24) is 14.9 Å². The molecule has 1 fully saturated rings. The Balaban J connectivity index is 1.63. The maximum Gasteiger partial charge on any atom is 0.412 e. The number of halogens is 1. The first-order chi connectivity index (χ1) is 14.8. The summed E-state index contributed by atoms with van der Waals surface area (Å²) in [6.45, 7) is 9.92. The Kier molecular flexibility index (Phi) is 8.36. The number of morpholine rings is 1. The van der Waals surface area contributed by atoms with E-state index in [4.69, 9.17) is 21.1 Å². The van der Waals surface area contributed by atoms with Crippen molar-refractivity contribution in [3.8, 4) is 0 Å². The van der Waals surface area contributed by atoms with Crippen LogP contribution in [0, 0.1) is 0 Å². The second-order valence-electron chi connectivity index (χ2n) is 7.99. The molecule has 31 heavy (non-hydrogen) atoms. The number of rotatable bonds is 7. The summed E-state index contributed by atoms with van der Waals surface area (Å²) in [6.07, 6.45) is 1.22. The summed E-state index contributed by atoms with van der Waals surface area (Å²) in [5.74, 6) is 1.53. The number of nitrogens with one attached hydrogen (secondary N) is 2. The first-order valence-electron chi connectivity index (χ1n) is 10.1. The number of nitrogens with zero attached hydrogens (tertiary/aromatic N) is 3. The fraction of sp³-hybridized carbons (Fsp3) is 0.476. The number of carbonyl (C=O) groups is 1. The van der Waals surface area contributed by atoms with Gasteiger partial charge in [0.25, 0.3) is 0 Å². The van der Waals surface area contributed by atoms with Crippen LogP contribution >= 0.6 is 23.4 Å². The topological polar surface area (TPSA) is 88.6 Å². The van der Waals surface area contributed by atoms with Gasteiger partial charge in [-0.1, -0.05) is 6.07 Å². The predicted molar refractivity (Wildman–Crippen MR) is 125 cm³/mol. The number of hydrogen-bond donors (Lipinski definition) is 2. The quantitative estimate of drug-likeness (QED) is 0.451. The molecule has 0 atom stereocenters. The molecule has 1 aliphatic heterocycles. The first-order valence-corrected chi connectivity index (χ1v) is 11.5. The standard InChI is InChI=1S/C21H28ClN5O3S/c1-21(2,3)30-20(28)25-16-6-4-5-15(13-16)24-18-17(14-23-19(22)26-18)31-12-9-27-7-10-29-11-8-27/h4-6,13-14H,7-12H2,1-3H3,(H,25,28)(H,23,24,26). The van der Waals surface area contributed by atoms with Crippen molar-refractivity contribution < 1.29 is 14.3 Å². The molecule has 2 N–H and O–H groups in total. The van der Waals surface area contributed by atoms with E-state index in [0.29, 0.717) is 11.5 Å². The Morgan fingerprint density at radius 2 is 2.03 bits per heavy atom. The van der Waals surface area contributed by atoms with Gasteiger partial charge in [-0.25, -0.2) is 9.78 Å². The number of hydrogen-bond acceptors (Lipinski definition) is 8. The van der Waals surface area contributed by atoms with Gasteiger partial charge in [0.2, 0.25) is 5.28 Å². The minimum atomic E-state index is -0.564. The monoisotopic (exact) mass is 465 g/mol. The van der Waals surface area contributed by atoms with Crippen molar-refractivity contribution >= 4 is 46.6 Å². The number of ether oxygens (including phenoxy) is 2. The zero-order valence-electron chi connectivity index (χ0n) is 18.0. The SMILES string of the molecule is CC(C)(C)OC(=O)Nc1cccc(Nc2nc(Cl)ncc2SCCN2CCOCC2)c1. The van der Waals surface area contributed by atoms with Crippen LogP contribution in [0.15, 0.2) is 35.4 Å². The predicted octanol–water partition coefficient (Wildman–Crippen LogP) is 4.64. The van der Waals surface area contributed by atoms with Gasteiger partial charge in [0, 0.05) is 43.0 Å². The van der Waals surface area contributed by atoms with Crippen LogP contribution in [0.25, 0.3) is 0 Å². The van der Waals surface area contributed by atoms with E-state index in [1.807, 2.05) is 39.0 Å². The lowest BCUT2D eigenvalue weighted by atomic mass is 10.2. The Bertz CT molecular complexity index is 888. The fourth-order valence-corrected chi connectivity index (χ4v) is 3.95. The highest BCUT2D eigenvalue weighted by atomic mass is 35.5. The Morgan fingerprint density at radius 1 is 1.29 bits per heavy atom. The van der Waals surface area contributed by atoms with E-state index in [0.717, 1.165) is 49.2 Å². The molecule has 0 saturated carbocycles. The lowest BCUT2D eigenvalue weighted by Crippen LogP contribution is -2.37. The number of benzene rings is 1. The van der Waals surface area contributed by atoms with Crippen LogP contribution < -0.4 is 10.6 Å². The summed E-state index contributed by atoms with van der Waals surface area (Å²) in [6, 6.07) is 7.32. The van der Waals surface area contributed by atoms with Crippen LogP contribution in [0.1, 0.15) is 20.8 Å². The van der Waals surface area contributed by atoms with Gasteiger partial charge in [-0.2, -0.15) is 4.98 Å². The van der Waals surface area contributed by atoms with E-state index < -0.39 is 11.7 Å². The van der Waals surface area contributed by atoms with E-state index in [1.165, 1.54) is 0 Å². The Hall–Kier alpha value is -2.07. The van der Waals surface area contributed by atoms with Crippen molar-refractivity contribution in [2.45, 2.75) is 31.3 Å².